The third kappa shape index (κ3) is 4.02. The van der Waals surface area contributed by atoms with Crippen LogP contribution >= 0.6 is 0 Å². The van der Waals surface area contributed by atoms with Crippen LogP contribution in [0.25, 0.3) is 0 Å². The summed E-state index contributed by atoms with van der Waals surface area (Å²) in [6.07, 6.45) is 0.524. The van der Waals surface area contributed by atoms with E-state index in [2.05, 4.69) is 4.99 Å². The molecule has 0 aromatic heterocycles. The van der Waals surface area contributed by atoms with Gasteiger partial charge < -0.3 is 16.6 Å². The van der Waals surface area contributed by atoms with Gasteiger partial charge in [-0.3, -0.25) is 4.79 Å². The molecule has 116 valence electrons. The standard InChI is InChI=1S/C13H19N3O4S/c1-4-11(17)9-5-8(21(3,19)20)6-10(7(9)2)12(18)16-13(14)15/h5-6,11,17H,4H2,1-3H3,(H4,14,15,16,18). The molecule has 0 spiro atoms. The minimum Gasteiger partial charge on any atom is -0.388 e. The molecule has 0 aliphatic carbocycles. The Balaban J connectivity index is 3.64. The summed E-state index contributed by atoms with van der Waals surface area (Å²) in [5.74, 6) is -1.16. The zero-order chi connectivity index (χ0) is 16.4. The summed E-state index contributed by atoms with van der Waals surface area (Å²) < 4.78 is 23.5. The predicted octanol–water partition coefficient (Wildman–Crippen LogP) is 0.256. The van der Waals surface area contributed by atoms with Crippen LogP contribution in [0.5, 0.6) is 0 Å². The van der Waals surface area contributed by atoms with Crippen molar-refractivity contribution in [3.8, 4) is 0 Å². The second-order valence-corrected chi connectivity index (χ2v) is 6.74. The lowest BCUT2D eigenvalue weighted by molar-refractivity contribution is 0.100. The van der Waals surface area contributed by atoms with Crippen LogP contribution < -0.4 is 11.5 Å². The van der Waals surface area contributed by atoms with Crippen molar-refractivity contribution in [1.82, 2.24) is 0 Å². The van der Waals surface area contributed by atoms with E-state index >= 15 is 0 Å². The minimum absolute atomic E-state index is 0.0498. The molecule has 7 nitrogen and oxygen atoms in total. The van der Waals surface area contributed by atoms with Crippen molar-refractivity contribution in [1.29, 1.82) is 0 Å². The van der Waals surface area contributed by atoms with E-state index in [1.165, 1.54) is 12.1 Å². The predicted molar refractivity (Wildman–Crippen MR) is 79.7 cm³/mol. The Bertz CT molecular complexity index is 692. The molecule has 0 radical (unpaired) electrons. The maximum atomic E-state index is 12.0. The summed E-state index contributed by atoms with van der Waals surface area (Å²) in [4.78, 5) is 15.3. The molecule has 0 fully saturated rings. The molecule has 8 heteroatoms. The van der Waals surface area contributed by atoms with Crippen LogP contribution in [0.1, 0.15) is 40.9 Å². The molecule has 0 heterocycles. The minimum atomic E-state index is -3.54. The number of sulfone groups is 1. The van der Waals surface area contributed by atoms with Crippen LogP contribution in [0.2, 0.25) is 0 Å². The van der Waals surface area contributed by atoms with Gasteiger partial charge in [0.15, 0.2) is 15.8 Å². The Hall–Kier alpha value is -1.93. The van der Waals surface area contributed by atoms with Gasteiger partial charge >= 0.3 is 0 Å². The highest BCUT2D eigenvalue weighted by Crippen LogP contribution is 2.27. The summed E-state index contributed by atoms with van der Waals surface area (Å²) in [5, 5.41) is 10.00. The van der Waals surface area contributed by atoms with Crippen molar-refractivity contribution < 1.29 is 18.3 Å². The molecular weight excluding hydrogens is 294 g/mol. The van der Waals surface area contributed by atoms with Gasteiger partial charge in [-0.1, -0.05) is 6.92 Å². The number of hydrogen-bond acceptors (Lipinski definition) is 4. The third-order valence-corrected chi connectivity index (χ3v) is 4.15. The van der Waals surface area contributed by atoms with Gasteiger partial charge in [-0.05, 0) is 36.6 Å². The Morgan fingerprint density at radius 1 is 1.38 bits per heavy atom. The van der Waals surface area contributed by atoms with Crippen LogP contribution in [-0.2, 0) is 9.84 Å². The van der Waals surface area contributed by atoms with Crippen molar-refractivity contribution in [2.24, 2.45) is 16.5 Å². The van der Waals surface area contributed by atoms with Gasteiger partial charge in [0.05, 0.1) is 11.0 Å². The van der Waals surface area contributed by atoms with Crippen LogP contribution in [0.3, 0.4) is 0 Å². The van der Waals surface area contributed by atoms with Gasteiger partial charge in [-0.15, -0.1) is 0 Å². The number of guanidine groups is 1. The molecule has 1 unspecified atom stereocenters. The van der Waals surface area contributed by atoms with Gasteiger partial charge in [-0.25, -0.2) is 8.42 Å². The van der Waals surface area contributed by atoms with Crippen molar-refractivity contribution >= 4 is 21.7 Å². The van der Waals surface area contributed by atoms with E-state index in [0.29, 0.717) is 17.5 Å². The van der Waals surface area contributed by atoms with E-state index in [1.54, 1.807) is 13.8 Å². The van der Waals surface area contributed by atoms with Crippen molar-refractivity contribution in [3.63, 3.8) is 0 Å². The average Bonchev–Trinajstić information content (AvgIpc) is 2.35. The second kappa shape index (κ2) is 6.23. The van der Waals surface area contributed by atoms with E-state index in [-0.39, 0.29) is 10.5 Å². The van der Waals surface area contributed by atoms with Crippen molar-refractivity contribution in [3.05, 3.63) is 28.8 Å². The van der Waals surface area contributed by atoms with Gasteiger partial charge in [0.2, 0.25) is 0 Å². The first-order valence-corrected chi connectivity index (χ1v) is 8.13. The first-order chi connectivity index (χ1) is 9.57. The van der Waals surface area contributed by atoms with Gasteiger partial charge in [0.1, 0.15) is 0 Å². The Morgan fingerprint density at radius 3 is 2.38 bits per heavy atom. The van der Waals surface area contributed by atoms with E-state index in [4.69, 9.17) is 11.5 Å². The molecule has 21 heavy (non-hydrogen) atoms. The number of nitrogens with zero attached hydrogens (tertiary/aromatic N) is 1. The number of carbonyl (C=O) groups is 1. The van der Waals surface area contributed by atoms with Crippen molar-refractivity contribution in [2.45, 2.75) is 31.3 Å². The number of amides is 1. The number of rotatable bonds is 4. The number of carbonyl (C=O) groups excluding carboxylic acids is 1. The van der Waals surface area contributed by atoms with E-state index in [1.807, 2.05) is 0 Å². The molecule has 1 atom stereocenters. The number of aliphatic hydroxyl groups is 1. The SMILES string of the molecule is CCC(O)c1cc(S(C)(=O)=O)cc(C(=O)N=C(N)N)c1C. The van der Waals surface area contributed by atoms with E-state index in [0.717, 1.165) is 6.26 Å². The fourth-order valence-electron chi connectivity index (χ4n) is 1.89. The lowest BCUT2D eigenvalue weighted by atomic mass is 9.96. The molecule has 0 saturated heterocycles. The highest BCUT2D eigenvalue weighted by Gasteiger charge is 2.20. The fourth-order valence-corrected chi connectivity index (χ4v) is 2.56. The topological polar surface area (TPSA) is 136 Å². The van der Waals surface area contributed by atoms with Crippen molar-refractivity contribution in [2.75, 3.05) is 6.26 Å². The lowest BCUT2D eigenvalue weighted by Gasteiger charge is -2.16. The van der Waals surface area contributed by atoms with Crippen LogP contribution in [0.15, 0.2) is 22.0 Å². The highest BCUT2D eigenvalue weighted by molar-refractivity contribution is 7.90. The molecule has 1 aromatic carbocycles. The first-order valence-electron chi connectivity index (χ1n) is 6.24. The third-order valence-electron chi connectivity index (χ3n) is 3.06. The van der Waals surface area contributed by atoms with Crippen LogP contribution in [0.4, 0.5) is 0 Å². The molecule has 0 bridgehead atoms. The highest BCUT2D eigenvalue weighted by atomic mass is 32.2. The summed E-state index contributed by atoms with van der Waals surface area (Å²) in [6, 6.07) is 2.58. The number of nitrogens with two attached hydrogens (primary N) is 2. The Labute approximate surface area is 123 Å². The summed E-state index contributed by atoms with van der Waals surface area (Å²) in [6.45, 7) is 3.35. The molecule has 1 aromatic rings. The average molecular weight is 313 g/mol. The van der Waals surface area contributed by atoms with Crippen LogP contribution in [-0.4, -0.2) is 31.6 Å². The van der Waals surface area contributed by atoms with E-state index in [9.17, 15) is 18.3 Å². The van der Waals surface area contributed by atoms with Crippen LogP contribution in [0, 0.1) is 6.92 Å². The molecule has 0 aliphatic rings. The zero-order valence-electron chi connectivity index (χ0n) is 12.1. The molecule has 0 saturated carbocycles. The lowest BCUT2D eigenvalue weighted by Crippen LogP contribution is -2.24. The summed E-state index contributed by atoms with van der Waals surface area (Å²) in [7, 11) is -3.54. The maximum Gasteiger partial charge on any atom is 0.280 e. The number of hydrogen-bond donors (Lipinski definition) is 3. The molecule has 5 N–H and O–H groups in total. The Morgan fingerprint density at radius 2 is 1.95 bits per heavy atom. The van der Waals surface area contributed by atoms with Gasteiger partial charge in [0, 0.05) is 11.8 Å². The largest absolute Gasteiger partial charge is 0.388 e. The molecule has 1 rings (SSSR count). The van der Waals surface area contributed by atoms with E-state index < -0.39 is 27.8 Å². The van der Waals surface area contributed by atoms with Gasteiger partial charge in [-0.2, -0.15) is 4.99 Å². The van der Waals surface area contributed by atoms with Gasteiger partial charge in [0.25, 0.3) is 5.91 Å². The zero-order valence-corrected chi connectivity index (χ0v) is 12.9. The maximum absolute atomic E-state index is 12.0. The Kier molecular flexibility index (Phi) is 5.08. The number of aliphatic imine (C=N–C) groups is 1. The summed E-state index contributed by atoms with van der Waals surface area (Å²) in [5.41, 5.74) is 11.2. The quantitative estimate of drug-likeness (QED) is 0.538. The normalized spacial score (nSPS) is 12.8. The smallest absolute Gasteiger partial charge is 0.280 e. The molecule has 1 amide bonds. The monoisotopic (exact) mass is 313 g/mol. The number of benzene rings is 1. The summed E-state index contributed by atoms with van der Waals surface area (Å²) >= 11 is 0. The molecular formula is C13H19N3O4S. The second-order valence-electron chi connectivity index (χ2n) is 4.72. The fraction of sp³-hybridized carbons (Fsp3) is 0.385. The number of aliphatic hydroxyl groups excluding tert-OH is 1. The first kappa shape index (κ1) is 17.1. The molecule has 0 aliphatic heterocycles.